The Kier molecular flexibility index (Phi) is 5.94. The van der Waals surface area contributed by atoms with E-state index in [2.05, 4.69) is 35.7 Å². The minimum absolute atomic E-state index is 0.0103. The average molecular weight is 460 g/mol. The second-order valence-corrected chi connectivity index (χ2v) is 10.2. The predicted octanol–water partition coefficient (Wildman–Crippen LogP) is 0.524. The first-order valence-corrected chi connectivity index (χ1v) is 12.5. The number of fused-ring (bicyclic) bond motifs is 1. The first kappa shape index (κ1) is 21.6. The summed E-state index contributed by atoms with van der Waals surface area (Å²) in [7, 11) is 0. The Bertz CT molecular complexity index is 880. The molecule has 10 heteroatoms. The average Bonchev–Trinajstić information content (AvgIpc) is 3.21. The number of anilines is 1. The molecule has 1 aromatic heterocycles. The van der Waals surface area contributed by atoms with Crippen LogP contribution in [-0.4, -0.2) is 95.3 Å². The van der Waals surface area contributed by atoms with Crippen LogP contribution in [0.2, 0.25) is 0 Å². The van der Waals surface area contributed by atoms with Crippen LogP contribution >= 0.6 is 0 Å². The Morgan fingerprint density at radius 1 is 1.21 bits per heavy atom. The lowest BCUT2D eigenvalue weighted by atomic mass is 9.79. The summed E-state index contributed by atoms with van der Waals surface area (Å²) >= 11 is 0. The Hall–Kier alpha value is -1.88. The van der Waals surface area contributed by atoms with Gasteiger partial charge >= 0.3 is 0 Å². The van der Waals surface area contributed by atoms with Crippen molar-refractivity contribution < 1.29 is 13.9 Å². The van der Waals surface area contributed by atoms with Crippen molar-refractivity contribution in [2.45, 2.75) is 69.0 Å². The van der Waals surface area contributed by atoms with Gasteiger partial charge < -0.3 is 25.6 Å². The first-order chi connectivity index (χ1) is 16.1. The molecule has 5 aliphatic rings. The standard InChI is InChI=1S/C23H34FN7O2/c24-18-1-2-19-21-17(18)9-16(31(21)8-5-25-19)12-30-6-3-14(4-7-30)26-10-15-11-27-23-22(28-15)29-20(32)13-33-23/h11,14,16-19,21,25-26H,1-10,12-13H2,(H,28,29,32)/t16-,17?,18?,19?,21?/m0/s1. The highest BCUT2D eigenvalue weighted by Gasteiger charge is 2.52. The molecule has 0 aromatic carbocycles. The van der Waals surface area contributed by atoms with E-state index in [4.69, 9.17) is 4.74 Å². The van der Waals surface area contributed by atoms with Gasteiger partial charge in [0, 0.05) is 56.3 Å². The van der Waals surface area contributed by atoms with Gasteiger partial charge in [-0.25, -0.2) is 14.4 Å². The minimum atomic E-state index is -0.625. The number of carbonyl (C=O) groups excluding carboxylic acids is 1. The topological polar surface area (TPSA) is 94.6 Å². The molecular formula is C23H34FN7O2. The van der Waals surface area contributed by atoms with Gasteiger partial charge in [0.25, 0.3) is 11.8 Å². The van der Waals surface area contributed by atoms with E-state index in [1.54, 1.807) is 6.20 Å². The predicted molar refractivity (Wildman–Crippen MR) is 121 cm³/mol. The fourth-order valence-corrected chi connectivity index (χ4v) is 6.66. The van der Waals surface area contributed by atoms with Crippen molar-refractivity contribution in [3.05, 3.63) is 11.9 Å². The molecule has 1 amide bonds. The lowest BCUT2D eigenvalue weighted by molar-refractivity contribution is -0.118. The number of piperazine rings is 1. The molecular weight excluding hydrogens is 425 g/mol. The summed E-state index contributed by atoms with van der Waals surface area (Å²) in [5.74, 6) is 0.805. The molecule has 0 spiro atoms. The maximum atomic E-state index is 14.7. The molecule has 1 saturated carbocycles. The number of aromatic nitrogens is 2. The molecule has 3 saturated heterocycles. The van der Waals surface area contributed by atoms with Gasteiger partial charge in [0.1, 0.15) is 6.17 Å². The monoisotopic (exact) mass is 459 g/mol. The smallest absolute Gasteiger partial charge is 0.263 e. The molecule has 4 fully saturated rings. The van der Waals surface area contributed by atoms with Crippen molar-refractivity contribution in [2.75, 3.05) is 44.6 Å². The number of alkyl halides is 1. The molecule has 33 heavy (non-hydrogen) atoms. The molecule has 5 heterocycles. The third kappa shape index (κ3) is 4.34. The van der Waals surface area contributed by atoms with Crippen LogP contribution in [0.25, 0.3) is 0 Å². The van der Waals surface area contributed by atoms with Gasteiger partial charge in [-0.2, -0.15) is 0 Å². The lowest BCUT2D eigenvalue weighted by Gasteiger charge is -2.46. The van der Waals surface area contributed by atoms with Gasteiger partial charge in [0.2, 0.25) is 0 Å². The summed E-state index contributed by atoms with van der Waals surface area (Å²) in [6.45, 7) is 5.90. The molecule has 4 aliphatic heterocycles. The van der Waals surface area contributed by atoms with E-state index in [1.165, 1.54) is 0 Å². The number of hydrogen-bond acceptors (Lipinski definition) is 8. The molecule has 1 aliphatic carbocycles. The third-order valence-corrected chi connectivity index (χ3v) is 8.26. The number of ether oxygens (including phenoxy) is 1. The van der Waals surface area contributed by atoms with E-state index in [-0.39, 0.29) is 18.4 Å². The number of piperidine rings is 1. The lowest BCUT2D eigenvalue weighted by Crippen LogP contribution is -2.62. The van der Waals surface area contributed by atoms with Crippen molar-refractivity contribution >= 4 is 11.7 Å². The molecule has 9 nitrogen and oxygen atoms in total. The molecule has 6 rings (SSSR count). The normalized spacial score (nSPS) is 34.9. The Balaban J connectivity index is 0.990. The molecule has 180 valence electrons. The summed E-state index contributed by atoms with van der Waals surface area (Å²) in [6, 6.07) is 1.82. The third-order valence-electron chi connectivity index (χ3n) is 8.26. The molecule has 0 bridgehead atoms. The van der Waals surface area contributed by atoms with Crippen LogP contribution in [0.1, 0.15) is 37.8 Å². The highest BCUT2D eigenvalue weighted by Crippen LogP contribution is 2.42. The number of rotatable bonds is 5. The van der Waals surface area contributed by atoms with Crippen LogP contribution < -0.4 is 20.7 Å². The van der Waals surface area contributed by atoms with Crippen molar-refractivity contribution in [1.29, 1.82) is 0 Å². The molecule has 1 aromatic rings. The van der Waals surface area contributed by atoms with Gasteiger partial charge in [-0.05, 0) is 45.2 Å². The fourth-order valence-electron chi connectivity index (χ4n) is 6.66. The number of carbonyl (C=O) groups is 1. The summed E-state index contributed by atoms with van der Waals surface area (Å²) in [5, 5.41) is 9.96. The number of halogens is 1. The molecule has 5 atom stereocenters. The van der Waals surface area contributed by atoms with Crippen LogP contribution in [0.15, 0.2) is 6.20 Å². The van der Waals surface area contributed by atoms with Gasteiger partial charge in [0.15, 0.2) is 12.4 Å². The number of likely N-dealkylation sites (tertiary alicyclic amines) is 1. The van der Waals surface area contributed by atoms with Crippen LogP contribution in [0.4, 0.5) is 10.2 Å². The van der Waals surface area contributed by atoms with Crippen molar-refractivity contribution in [3.63, 3.8) is 0 Å². The molecule has 4 unspecified atom stereocenters. The number of amides is 1. The van der Waals surface area contributed by atoms with Crippen molar-refractivity contribution in [3.8, 4) is 5.88 Å². The summed E-state index contributed by atoms with van der Waals surface area (Å²) in [6.07, 6.45) is 5.99. The van der Waals surface area contributed by atoms with Gasteiger partial charge in [-0.1, -0.05) is 0 Å². The maximum Gasteiger partial charge on any atom is 0.263 e. The fraction of sp³-hybridized carbons (Fsp3) is 0.783. The quantitative estimate of drug-likeness (QED) is 0.587. The highest BCUT2D eigenvalue weighted by atomic mass is 19.1. The number of hydrogen-bond donors (Lipinski definition) is 3. The largest absolute Gasteiger partial charge is 0.465 e. The first-order valence-electron chi connectivity index (χ1n) is 12.5. The summed E-state index contributed by atoms with van der Waals surface area (Å²) in [5.41, 5.74) is 0.796. The number of nitrogens with one attached hydrogen (secondary N) is 3. The SMILES string of the molecule is O=C1COc2ncc(CNC3CCN(C[C@@H]4CC5C(F)CCC6NCCN4C65)CC3)nc2N1. The van der Waals surface area contributed by atoms with Crippen LogP contribution in [0, 0.1) is 5.92 Å². The molecule has 3 N–H and O–H groups in total. The van der Waals surface area contributed by atoms with Crippen LogP contribution in [0.3, 0.4) is 0 Å². The Morgan fingerprint density at radius 3 is 2.97 bits per heavy atom. The maximum absolute atomic E-state index is 14.7. The van der Waals surface area contributed by atoms with E-state index < -0.39 is 6.17 Å². The van der Waals surface area contributed by atoms with Crippen LogP contribution in [-0.2, 0) is 11.3 Å². The van der Waals surface area contributed by atoms with Gasteiger partial charge in [0.05, 0.1) is 11.9 Å². The second kappa shape index (κ2) is 9.05. The van der Waals surface area contributed by atoms with Crippen LogP contribution in [0.5, 0.6) is 5.88 Å². The minimum Gasteiger partial charge on any atom is -0.465 e. The highest BCUT2D eigenvalue weighted by molar-refractivity contribution is 5.93. The zero-order valence-electron chi connectivity index (χ0n) is 19.0. The van der Waals surface area contributed by atoms with E-state index in [0.717, 1.165) is 70.5 Å². The van der Waals surface area contributed by atoms with E-state index in [1.807, 2.05) is 0 Å². The zero-order valence-corrected chi connectivity index (χ0v) is 19.0. The summed E-state index contributed by atoms with van der Waals surface area (Å²) in [4.78, 5) is 25.4. The Labute approximate surface area is 193 Å². The van der Waals surface area contributed by atoms with E-state index in [9.17, 15) is 9.18 Å². The Morgan fingerprint density at radius 2 is 2.09 bits per heavy atom. The molecule has 0 radical (unpaired) electrons. The van der Waals surface area contributed by atoms with E-state index >= 15 is 0 Å². The number of nitrogens with zero attached hydrogens (tertiary/aromatic N) is 4. The van der Waals surface area contributed by atoms with E-state index in [0.29, 0.717) is 42.4 Å². The van der Waals surface area contributed by atoms with Crippen molar-refractivity contribution in [2.24, 2.45) is 5.92 Å². The van der Waals surface area contributed by atoms with Gasteiger partial charge in [-0.15, -0.1) is 0 Å². The zero-order chi connectivity index (χ0) is 22.4. The van der Waals surface area contributed by atoms with Crippen molar-refractivity contribution in [1.82, 2.24) is 30.4 Å². The van der Waals surface area contributed by atoms with Gasteiger partial charge in [-0.3, -0.25) is 9.69 Å². The second-order valence-electron chi connectivity index (χ2n) is 10.2. The summed E-state index contributed by atoms with van der Waals surface area (Å²) < 4.78 is 19.9.